The van der Waals surface area contributed by atoms with Gasteiger partial charge in [0.15, 0.2) is 0 Å². The van der Waals surface area contributed by atoms with Gasteiger partial charge in [0, 0.05) is 12.1 Å². The predicted molar refractivity (Wildman–Crippen MR) is 82.1 cm³/mol. The second-order valence-corrected chi connectivity index (χ2v) is 7.69. The standard InChI is InChI=1S/C14H14O7S2/c1-9-3-5-11(7-13(9)22(15,16)17)21-12-6-4-10(2)14(8-12)23(18,19)20/h3-8H,1-2H3,(H,15,16,17)(H,18,19,20). The molecule has 0 radical (unpaired) electrons. The Morgan fingerprint density at radius 2 is 1.09 bits per heavy atom. The molecule has 0 aliphatic heterocycles. The number of benzene rings is 2. The Balaban J connectivity index is 2.45. The van der Waals surface area contributed by atoms with Crippen LogP contribution in [0, 0.1) is 13.8 Å². The van der Waals surface area contributed by atoms with Crippen molar-refractivity contribution in [2.24, 2.45) is 0 Å². The molecule has 2 N–H and O–H groups in total. The molecular formula is C14H14O7S2. The molecule has 0 fully saturated rings. The van der Waals surface area contributed by atoms with Crippen LogP contribution < -0.4 is 4.74 Å². The number of hydrogen-bond donors (Lipinski definition) is 2. The molecule has 0 bridgehead atoms. The minimum Gasteiger partial charge on any atom is -0.457 e. The maximum absolute atomic E-state index is 11.3. The molecule has 0 saturated carbocycles. The maximum atomic E-state index is 11.3. The third-order valence-electron chi connectivity index (χ3n) is 3.11. The van der Waals surface area contributed by atoms with Gasteiger partial charge in [-0.3, -0.25) is 9.11 Å². The van der Waals surface area contributed by atoms with Gasteiger partial charge in [0.25, 0.3) is 20.2 Å². The average Bonchev–Trinajstić information content (AvgIpc) is 2.40. The lowest BCUT2D eigenvalue weighted by molar-refractivity contribution is 0.467. The Morgan fingerprint density at radius 1 is 0.739 bits per heavy atom. The number of aryl methyl sites for hydroxylation is 2. The predicted octanol–water partition coefficient (Wildman–Crippen LogP) is 2.59. The van der Waals surface area contributed by atoms with Gasteiger partial charge in [0.1, 0.15) is 21.3 Å². The fourth-order valence-electron chi connectivity index (χ4n) is 1.98. The molecule has 2 aromatic rings. The average molecular weight is 358 g/mol. The first-order valence-electron chi connectivity index (χ1n) is 6.32. The van der Waals surface area contributed by atoms with Crippen LogP contribution in [-0.2, 0) is 20.2 Å². The van der Waals surface area contributed by atoms with E-state index in [0.29, 0.717) is 11.1 Å². The van der Waals surface area contributed by atoms with Crippen LogP contribution in [0.1, 0.15) is 11.1 Å². The quantitative estimate of drug-likeness (QED) is 0.806. The van der Waals surface area contributed by atoms with E-state index in [1.807, 2.05) is 0 Å². The smallest absolute Gasteiger partial charge is 0.294 e. The zero-order valence-corrected chi connectivity index (χ0v) is 13.8. The highest BCUT2D eigenvalue weighted by atomic mass is 32.2. The zero-order valence-electron chi connectivity index (χ0n) is 12.2. The molecule has 0 aromatic heterocycles. The monoisotopic (exact) mass is 358 g/mol. The van der Waals surface area contributed by atoms with Crippen molar-refractivity contribution in [3.63, 3.8) is 0 Å². The van der Waals surface area contributed by atoms with E-state index >= 15 is 0 Å². The normalized spacial score (nSPS) is 12.2. The molecular weight excluding hydrogens is 344 g/mol. The molecule has 0 heterocycles. The van der Waals surface area contributed by atoms with Crippen LogP contribution in [0.3, 0.4) is 0 Å². The van der Waals surface area contributed by atoms with Crippen molar-refractivity contribution >= 4 is 20.2 Å². The highest BCUT2D eigenvalue weighted by Crippen LogP contribution is 2.28. The van der Waals surface area contributed by atoms with Crippen LogP contribution in [0.4, 0.5) is 0 Å². The van der Waals surface area contributed by atoms with Gasteiger partial charge in [-0.1, -0.05) is 12.1 Å². The fourth-order valence-corrected chi connectivity index (χ4v) is 3.46. The SMILES string of the molecule is Cc1ccc(Oc2ccc(C)c(S(=O)(=O)O)c2)cc1S(=O)(=O)O. The number of ether oxygens (including phenoxy) is 1. The lowest BCUT2D eigenvalue weighted by atomic mass is 10.2. The van der Waals surface area contributed by atoms with Gasteiger partial charge < -0.3 is 4.74 Å². The van der Waals surface area contributed by atoms with E-state index in [1.54, 1.807) is 0 Å². The molecule has 0 aliphatic rings. The molecule has 0 aliphatic carbocycles. The van der Waals surface area contributed by atoms with E-state index in [-0.39, 0.29) is 21.3 Å². The van der Waals surface area contributed by atoms with E-state index in [1.165, 1.54) is 38.1 Å². The minimum absolute atomic E-state index is 0.0911. The fraction of sp³-hybridized carbons (Fsp3) is 0.143. The molecule has 0 saturated heterocycles. The summed E-state index contributed by atoms with van der Waals surface area (Å²) in [6.07, 6.45) is 0. The minimum atomic E-state index is -4.40. The van der Waals surface area contributed by atoms with Gasteiger partial charge in [-0.15, -0.1) is 0 Å². The highest BCUT2D eigenvalue weighted by molar-refractivity contribution is 7.86. The van der Waals surface area contributed by atoms with Crippen molar-refractivity contribution in [3.8, 4) is 11.5 Å². The van der Waals surface area contributed by atoms with Crippen molar-refractivity contribution < 1.29 is 30.7 Å². The van der Waals surface area contributed by atoms with E-state index in [9.17, 15) is 16.8 Å². The van der Waals surface area contributed by atoms with Crippen LogP contribution in [-0.4, -0.2) is 25.9 Å². The molecule has 2 rings (SSSR count). The molecule has 0 amide bonds. The number of rotatable bonds is 4. The van der Waals surface area contributed by atoms with Crippen LogP contribution >= 0.6 is 0 Å². The summed E-state index contributed by atoms with van der Waals surface area (Å²) >= 11 is 0. The van der Waals surface area contributed by atoms with Gasteiger partial charge >= 0.3 is 0 Å². The van der Waals surface area contributed by atoms with Gasteiger partial charge in [-0.05, 0) is 37.1 Å². The highest BCUT2D eigenvalue weighted by Gasteiger charge is 2.16. The summed E-state index contributed by atoms with van der Waals surface area (Å²) in [5, 5.41) is 0. The van der Waals surface area contributed by atoms with E-state index in [4.69, 9.17) is 13.8 Å². The Morgan fingerprint density at radius 3 is 1.39 bits per heavy atom. The van der Waals surface area contributed by atoms with E-state index in [2.05, 4.69) is 0 Å². The number of hydrogen-bond acceptors (Lipinski definition) is 5. The summed E-state index contributed by atoms with van der Waals surface area (Å²) < 4.78 is 68.8. The Labute approximate surface area is 134 Å². The third kappa shape index (κ3) is 4.08. The molecule has 124 valence electrons. The maximum Gasteiger partial charge on any atom is 0.294 e. The second kappa shape index (κ2) is 5.93. The van der Waals surface area contributed by atoms with Crippen LogP contribution in [0.2, 0.25) is 0 Å². The second-order valence-electron chi connectivity index (χ2n) is 4.91. The topological polar surface area (TPSA) is 118 Å². The largest absolute Gasteiger partial charge is 0.457 e. The van der Waals surface area contributed by atoms with Crippen molar-refractivity contribution in [1.29, 1.82) is 0 Å². The Kier molecular flexibility index (Phi) is 4.49. The van der Waals surface area contributed by atoms with Gasteiger partial charge in [0.2, 0.25) is 0 Å². The molecule has 9 heteroatoms. The van der Waals surface area contributed by atoms with Gasteiger partial charge in [-0.25, -0.2) is 0 Å². The van der Waals surface area contributed by atoms with Crippen molar-refractivity contribution in [2.45, 2.75) is 23.6 Å². The van der Waals surface area contributed by atoms with Crippen LogP contribution in [0.15, 0.2) is 46.2 Å². The summed E-state index contributed by atoms with van der Waals surface area (Å²) in [4.78, 5) is -0.616. The van der Waals surface area contributed by atoms with Crippen molar-refractivity contribution in [3.05, 3.63) is 47.5 Å². The van der Waals surface area contributed by atoms with E-state index < -0.39 is 20.2 Å². The molecule has 0 spiro atoms. The van der Waals surface area contributed by atoms with Crippen molar-refractivity contribution in [1.82, 2.24) is 0 Å². The summed E-state index contributed by atoms with van der Waals surface area (Å²) in [7, 11) is -8.80. The summed E-state index contributed by atoms with van der Waals surface area (Å²) in [6.45, 7) is 3.02. The lowest BCUT2D eigenvalue weighted by Crippen LogP contribution is -2.02. The molecule has 0 atom stereocenters. The first-order chi connectivity index (χ1) is 10.5. The van der Waals surface area contributed by atoms with Gasteiger partial charge in [-0.2, -0.15) is 16.8 Å². The van der Waals surface area contributed by atoms with E-state index in [0.717, 1.165) is 12.1 Å². The molecule has 7 nitrogen and oxygen atoms in total. The van der Waals surface area contributed by atoms with Crippen LogP contribution in [0.5, 0.6) is 11.5 Å². The lowest BCUT2D eigenvalue weighted by Gasteiger charge is -2.10. The summed E-state index contributed by atoms with van der Waals surface area (Å²) in [5.41, 5.74) is 0.671. The summed E-state index contributed by atoms with van der Waals surface area (Å²) in [5.74, 6) is 0.182. The summed E-state index contributed by atoms with van der Waals surface area (Å²) in [6, 6.07) is 8.07. The van der Waals surface area contributed by atoms with Crippen LogP contribution in [0.25, 0.3) is 0 Å². The van der Waals surface area contributed by atoms with Gasteiger partial charge in [0.05, 0.1) is 0 Å². The zero-order chi connectivity index (χ0) is 17.4. The molecule has 23 heavy (non-hydrogen) atoms. The third-order valence-corrected chi connectivity index (χ3v) is 5.10. The first-order valence-corrected chi connectivity index (χ1v) is 9.20. The Bertz CT molecular complexity index is 881. The Hall–Kier alpha value is -1.94. The van der Waals surface area contributed by atoms with Crippen molar-refractivity contribution in [2.75, 3.05) is 0 Å². The first kappa shape index (κ1) is 17.4. The molecule has 2 aromatic carbocycles. The molecule has 0 unspecified atom stereocenters.